The van der Waals surface area contributed by atoms with Crippen LogP contribution in [0.3, 0.4) is 0 Å². The normalized spacial score (nSPS) is 15.4. The van der Waals surface area contributed by atoms with Gasteiger partial charge in [-0.05, 0) is 44.7 Å². The average Bonchev–Trinajstić information content (AvgIpc) is 2.60. The molecule has 1 aliphatic heterocycles. The van der Waals surface area contributed by atoms with Crippen molar-refractivity contribution >= 4 is 11.8 Å². The minimum atomic E-state index is 0.0644. The largest absolute Gasteiger partial charge is 0.346 e. The molecule has 0 atom stereocenters. The summed E-state index contributed by atoms with van der Waals surface area (Å²) in [7, 11) is 1.89. The van der Waals surface area contributed by atoms with Crippen LogP contribution in [0.2, 0.25) is 0 Å². The Hall–Kier alpha value is -1.84. The molecule has 2 rings (SSSR count). The van der Waals surface area contributed by atoms with E-state index in [1.54, 1.807) is 0 Å². The molecule has 4 heteroatoms. The predicted octanol–water partition coefficient (Wildman–Crippen LogP) is 3.41. The zero-order valence-corrected chi connectivity index (χ0v) is 15.5. The van der Waals surface area contributed by atoms with Crippen molar-refractivity contribution in [3.05, 3.63) is 34.9 Å². The van der Waals surface area contributed by atoms with Gasteiger partial charge in [0, 0.05) is 38.2 Å². The molecular weight excluding hydrogens is 300 g/mol. The Morgan fingerprint density at radius 1 is 1.21 bits per heavy atom. The first-order valence-electron chi connectivity index (χ1n) is 9.05. The number of nitrogens with zero attached hydrogens (tertiary/aromatic N) is 2. The summed E-state index contributed by atoms with van der Waals surface area (Å²) in [6.45, 7) is 8.29. The fourth-order valence-electron chi connectivity index (χ4n) is 3.28. The van der Waals surface area contributed by atoms with Gasteiger partial charge in [-0.1, -0.05) is 31.0 Å². The van der Waals surface area contributed by atoms with E-state index in [2.05, 4.69) is 6.92 Å². The van der Waals surface area contributed by atoms with E-state index in [0.717, 1.165) is 48.9 Å². The van der Waals surface area contributed by atoms with Crippen molar-refractivity contribution < 1.29 is 9.59 Å². The summed E-state index contributed by atoms with van der Waals surface area (Å²) in [5, 5.41) is 0. The highest BCUT2D eigenvalue weighted by molar-refractivity contribution is 5.96. The highest BCUT2D eigenvalue weighted by atomic mass is 16.2. The molecule has 0 unspecified atom stereocenters. The van der Waals surface area contributed by atoms with Crippen LogP contribution in [-0.2, 0) is 4.79 Å². The first kappa shape index (κ1) is 18.5. The maximum absolute atomic E-state index is 12.8. The molecule has 0 aromatic heterocycles. The average molecular weight is 330 g/mol. The number of likely N-dealkylation sites (tertiary alicyclic amines) is 1. The van der Waals surface area contributed by atoms with Crippen molar-refractivity contribution in [2.45, 2.75) is 46.5 Å². The number of rotatable bonds is 5. The van der Waals surface area contributed by atoms with Crippen molar-refractivity contribution in [1.29, 1.82) is 0 Å². The molecule has 24 heavy (non-hydrogen) atoms. The fraction of sp³-hybridized carbons (Fsp3) is 0.600. The highest BCUT2D eigenvalue weighted by Crippen LogP contribution is 2.22. The molecule has 0 spiro atoms. The van der Waals surface area contributed by atoms with Crippen molar-refractivity contribution in [1.82, 2.24) is 9.80 Å². The predicted molar refractivity (Wildman–Crippen MR) is 97.1 cm³/mol. The van der Waals surface area contributed by atoms with Gasteiger partial charge >= 0.3 is 0 Å². The summed E-state index contributed by atoms with van der Waals surface area (Å²) < 4.78 is 0. The van der Waals surface area contributed by atoms with Gasteiger partial charge in [-0.15, -0.1) is 0 Å². The number of hydrogen-bond acceptors (Lipinski definition) is 2. The SMILES string of the molecule is CCCCN(C)C(=O)C1CCN(C(=O)c2cc(C)ccc2C)CC1. The number of amides is 2. The molecule has 1 aromatic rings. The Balaban J connectivity index is 1.93. The van der Waals surface area contributed by atoms with E-state index in [1.165, 1.54) is 0 Å². The topological polar surface area (TPSA) is 40.6 Å². The summed E-state index contributed by atoms with van der Waals surface area (Å²) in [5.41, 5.74) is 2.91. The fourth-order valence-corrected chi connectivity index (χ4v) is 3.28. The zero-order valence-electron chi connectivity index (χ0n) is 15.5. The standard InChI is InChI=1S/C20H30N2O2/c1-5-6-11-21(4)19(23)17-9-12-22(13-10-17)20(24)18-14-15(2)7-8-16(18)3/h7-8,14,17H,5-6,9-13H2,1-4H3. The quantitative estimate of drug-likeness (QED) is 0.830. The molecule has 0 bridgehead atoms. The van der Waals surface area contributed by atoms with Gasteiger partial charge in [0.15, 0.2) is 0 Å². The van der Waals surface area contributed by atoms with Crippen LogP contribution >= 0.6 is 0 Å². The lowest BCUT2D eigenvalue weighted by Gasteiger charge is -2.33. The lowest BCUT2D eigenvalue weighted by atomic mass is 9.94. The third kappa shape index (κ3) is 4.37. The van der Waals surface area contributed by atoms with Crippen LogP contribution < -0.4 is 0 Å². The van der Waals surface area contributed by atoms with Crippen molar-refractivity contribution in [2.75, 3.05) is 26.7 Å². The maximum Gasteiger partial charge on any atom is 0.254 e. The first-order chi connectivity index (χ1) is 11.4. The van der Waals surface area contributed by atoms with Crippen molar-refractivity contribution in [2.24, 2.45) is 5.92 Å². The third-order valence-corrected chi connectivity index (χ3v) is 4.98. The third-order valence-electron chi connectivity index (χ3n) is 4.98. The van der Waals surface area contributed by atoms with E-state index in [9.17, 15) is 9.59 Å². The molecule has 1 heterocycles. The Kier molecular flexibility index (Phi) is 6.41. The minimum absolute atomic E-state index is 0.0644. The second-order valence-electron chi connectivity index (χ2n) is 7.00. The molecule has 1 fully saturated rings. The Labute approximate surface area is 145 Å². The van der Waals surface area contributed by atoms with E-state index >= 15 is 0 Å². The number of benzene rings is 1. The summed E-state index contributed by atoms with van der Waals surface area (Å²) in [5.74, 6) is 0.401. The van der Waals surface area contributed by atoms with Gasteiger partial charge in [-0.3, -0.25) is 9.59 Å². The van der Waals surface area contributed by atoms with E-state index in [-0.39, 0.29) is 17.7 Å². The number of piperidine rings is 1. The van der Waals surface area contributed by atoms with Gasteiger partial charge in [0.2, 0.25) is 5.91 Å². The number of carbonyl (C=O) groups is 2. The summed E-state index contributed by atoms with van der Waals surface area (Å²) in [6, 6.07) is 6.00. The summed E-state index contributed by atoms with van der Waals surface area (Å²) >= 11 is 0. The van der Waals surface area contributed by atoms with Gasteiger partial charge in [0.05, 0.1) is 0 Å². The monoisotopic (exact) mass is 330 g/mol. The molecular formula is C20H30N2O2. The van der Waals surface area contributed by atoms with E-state index in [1.807, 2.05) is 48.9 Å². The Morgan fingerprint density at radius 3 is 2.50 bits per heavy atom. The highest BCUT2D eigenvalue weighted by Gasteiger charge is 2.29. The second kappa shape index (κ2) is 8.32. The van der Waals surface area contributed by atoms with Crippen molar-refractivity contribution in [3.63, 3.8) is 0 Å². The summed E-state index contributed by atoms with van der Waals surface area (Å²) in [6.07, 6.45) is 3.68. The molecule has 1 aliphatic rings. The second-order valence-corrected chi connectivity index (χ2v) is 7.00. The number of unbranched alkanes of at least 4 members (excludes halogenated alkanes) is 1. The van der Waals surface area contributed by atoms with Crippen LogP contribution in [-0.4, -0.2) is 48.3 Å². The molecule has 0 aliphatic carbocycles. The first-order valence-corrected chi connectivity index (χ1v) is 9.05. The smallest absolute Gasteiger partial charge is 0.254 e. The van der Waals surface area contributed by atoms with E-state index in [0.29, 0.717) is 13.1 Å². The molecule has 1 saturated heterocycles. The van der Waals surface area contributed by atoms with Crippen LogP contribution in [0, 0.1) is 19.8 Å². The van der Waals surface area contributed by atoms with Crippen molar-refractivity contribution in [3.8, 4) is 0 Å². The Morgan fingerprint density at radius 2 is 1.88 bits per heavy atom. The molecule has 1 aromatic carbocycles. The lowest BCUT2D eigenvalue weighted by Crippen LogP contribution is -2.43. The number of aryl methyl sites for hydroxylation is 2. The van der Waals surface area contributed by atoms with Gasteiger partial charge in [-0.2, -0.15) is 0 Å². The van der Waals surface area contributed by atoms with Gasteiger partial charge < -0.3 is 9.80 Å². The molecule has 132 valence electrons. The van der Waals surface area contributed by atoms with Crippen LogP contribution in [0.25, 0.3) is 0 Å². The number of hydrogen-bond donors (Lipinski definition) is 0. The van der Waals surface area contributed by atoms with E-state index in [4.69, 9.17) is 0 Å². The molecule has 4 nitrogen and oxygen atoms in total. The van der Waals surface area contributed by atoms with Gasteiger partial charge in [0.25, 0.3) is 5.91 Å². The van der Waals surface area contributed by atoms with E-state index < -0.39 is 0 Å². The lowest BCUT2D eigenvalue weighted by molar-refractivity contribution is -0.135. The molecule has 0 saturated carbocycles. The Bertz CT molecular complexity index is 589. The number of carbonyl (C=O) groups excluding carboxylic acids is 2. The summed E-state index contributed by atoms with van der Waals surface area (Å²) in [4.78, 5) is 29.0. The van der Waals surface area contributed by atoms with Crippen LogP contribution in [0.1, 0.15) is 54.1 Å². The maximum atomic E-state index is 12.8. The van der Waals surface area contributed by atoms with Crippen LogP contribution in [0.4, 0.5) is 0 Å². The van der Waals surface area contributed by atoms with Gasteiger partial charge in [0.1, 0.15) is 0 Å². The van der Waals surface area contributed by atoms with Crippen LogP contribution in [0.5, 0.6) is 0 Å². The molecule has 0 N–H and O–H groups in total. The molecule has 0 radical (unpaired) electrons. The minimum Gasteiger partial charge on any atom is -0.346 e. The van der Waals surface area contributed by atoms with Gasteiger partial charge in [-0.25, -0.2) is 0 Å². The zero-order chi connectivity index (χ0) is 17.7. The molecule has 2 amide bonds. The van der Waals surface area contributed by atoms with Crippen LogP contribution in [0.15, 0.2) is 18.2 Å².